The van der Waals surface area contributed by atoms with E-state index in [1.807, 2.05) is 0 Å². The van der Waals surface area contributed by atoms with Gasteiger partial charge in [-0.1, -0.05) is 12.0 Å². The van der Waals surface area contributed by atoms with Crippen molar-refractivity contribution >= 4 is 5.91 Å². The van der Waals surface area contributed by atoms with Gasteiger partial charge < -0.3 is 10.4 Å². The Labute approximate surface area is 93.3 Å². The van der Waals surface area contributed by atoms with Crippen LogP contribution in [0.4, 0.5) is 4.39 Å². The fourth-order valence-electron chi connectivity index (χ4n) is 1.12. The Morgan fingerprint density at radius 3 is 2.69 bits per heavy atom. The number of nitrogens with one attached hydrogen (secondary N) is 1. The summed E-state index contributed by atoms with van der Waals surface area (Å²) in [5.41, 5.74) is -1.29. The Bertz CT molecular complexity index is 440. The second-order valence-electron chi connectivity index (χ2n) is 3.86. The maximum Gasteiger partial charge on any atom is 0.259 e. The van der Waals surface area contributed by atoms with Gasteiger partial charge in [0.2, 0.25) is 0 Å². The summed E-state index contributed by atoms with van der Waals surface area (Å²) in [4.78, 5) is 11.7. The standard InChI is InChI=1S/C12H12FNO2/c1-4-12(2,3)14-11(16)10-8(13)6-5-7-9(10)15/h1,5-7,15H,2-3H3,(H,14,16). The molecule has 1 aromatic carbocycles. The summed E-state index contributed by atoms with van der Waals surface area (Å²) in [6.07, 6.45) is 5.19. The molecule has 84 valence electrons. The highest BCUT2D eigenvalue weighted by Gasteiger charge is 2.22. The molecule has 4 heteroatoms. The summed E-state index contributed by atoms with van der Waals surface area (Å²) in [6, 6.07) is 3.64. The number of halogens is 1. The molecule has 1 rings (SSSR count). The number of hydrogen-bond acceptors (Lipinski definition) is 2. The van der Waals surface area contributed by atoms with Crippen molar-refractivity contribution in [3.8, 4) is 18.1 Å². The Hall–Kier alpha value is -2.02. The molecule has 0 aliphatic rings. The first-order chi connectivity index (χ1) is 7.37. The van der Waals surface area contributed by atoms with Crippen LogP contribution in [0.25, 0.3) is 0 Å². The largest absolute Gasteiger partial charge is 0.507 e. The van der Waals surface area contributed by atoms with Crippen molar-refractivity contribution in [1.29, 1.82) is 0 Å². The molecule has 0 aromatic heterocycles. The van der Waals surface area contributed by atoms with Gasteiger partial charge in [0.25, 0.3) is 5.91 Å². The van der Waals surface area contributed by atoms with E-state index in [9.17, 15) is 14.3 Å². The van der Waals surface area contributed by atoms with Crippen LogP contribution in [-0.2, 0) is 0 Å². The third-order valence-electron chi connectivity index (χ3n) is 2.01. The van der Waals surface area contributed by atoms with Crippen molar-refractivity contribution in [3.63, 3.8) is 0 Å². The van der Waals surface area contributed by atoms with E-state index in [0.29, 0.717) is 0 Å². The van der Waals surface area contributed by atoms with Gasteiger partial charge in [-0.05, 0) is 26.0 Å². The van der Waals surface area contributed by atoms with E-state index < -0.39 is 28.6 Å². The number of aromatic hydroxyl groups is 1. The van der Waals surface area contributed by atoms with Crippen molar-refractivity contribution in [2.24, 2.45) is 0 Å². The van der Waals surface area contributed by atoms with Gasteiger partial charge >= 0.3 is 0 Å². The molecule has 0 spiro atoms. The third-order valence-corrected chi connectivity index (χ3v) is 2.01. The smallest absolute Gasteiger partial charge is 0.259 e. The van der Waals surface area contributed by atoms with Gasteiger partial charge in [-0.15, -0.1) is 6.42 Å². The molecule has 0 heterocycles. The normalized spacial score (nSPS) is 10.6. The predicted molar refractivity (Wildman–Crippen MR) is 58.4 cm³/mol. The summed E-state index contributed by atoms with van der Waals surface area (Å²) < 4.78 is 13.3. The van der Waals surface area contributed by atoms with Crippen LogP contribution in [0.3, 0.4) is 0 Å². The second-order valence-corrected chi connectivity index (χ2v) is 3.86. The monoisotopic (exact) mass is 221 g/mol. The van der Waals surface area contributed by atoms with Crippen molar-refractivity contribution in [2.45, 2.75) is 19.4 Å². The molecular formula is C12H12FNO2. The molecule has 0 fully saturated rings. The van der Waals surface area contributed by atoms with E-state index in [-0.39, 0.29) is 0 Å². The second kappa shape index (κ2) is 4.23. The minimum absolute atomic E-state index is 0.397. The average Bonchev–Trinajstić information content (AvgIpc) is 2.16. The molecule has 0 aliphatic carbocycles. The summed E-state index contributed by atoms with van der Waals surface area (Å²) in [7, 11) is 0. The minimum atomic E-state index is -0.897. The molecular weight excluding hydrogens is 209 g/mol. The van der Waals surface area contributed by atoms with Crippen LogP contribution in [0, 0.1) is 18.2 Å². The first kappa shape index (κ1) is 12.1. The fourth-order valence-corrected chi connectivity index (χ4v) is 1.12. The highest BCUT2D eigenvalue weighted by atomic mass is 19.1. The molecule has 0 bridgehead atoms. The highest BCUT2D eigenvalue weighted by molar-refractivity contribution is 5.97. The van der Waals surface area contributed by atoms with Crippen LogP contribution >= 0.6 is 0 Å². The minimum Gasteiger partial charge on any atom is -0.507 e. The Morgan fingerprint density at radius 1 is 1.56 bits per heavy atom. The van der Waals surface area contributed by atoms with Gasteiger partial charge in [0.05, 0.1) is 5.54 Å². The highest BCUT2D eigenvalue weighted by Crippen LogP contribution is 2.20. The van der Waals surface area contributed by atoms with E-state index in [1.54, 1.807) is 13.8 Å². The molecule has 0 unspecified atom stereocenters. The SMILES string of the molecule is C#CC(C)(C)NC(=O)c1c(O)cccc1F. The zero-order valence-corrected chi connectivity index (χ0v) is 9.04. The van der Waals surface area contributed by atoms with E-state index in [4.69, 9.17) is 6.42 Å². The van der Waals surface area contributed by atoms with Crippen molar-refractivity contribution in [1.82, 2.24) is 5.32 Å². The van der Waals surface area contributed by atoms with Gasteiger partial charge in [0, 0.05) is 0 Å². The third kappa shape index (κ3) is 2.51. The number of terminal acetylenes is 1. The van der Waals surface area contributed by atoms with Crippen LogP contribution in [0.15, 0.2) is 18.2 Å². The number of rotatable bonds is 2. The predicted octanol–water partition coefficient (Wildman–Crippen LogP) is 1.67. The first-order valence-corrected chi connectivity index (χ1v) is 4.65. The molecule has 2 N–H and O–H groups in total. The molecule has 0 aliphatic heterocycles. The van der Waals surface area contributed by atoms with Crippen molar-refractivity contribution < 1.29 is 14.3 Å². The van der Waals surface area contributed by atoms with Crippen molar-refractivity contribution in [2.75, 3.05) is 0 Å². The number of hydrogen-bond donors (Lipinski definition) is 2. The van der Waals surface area contributed by atoms with Crippen LogP contribution < -0.4 is 5.32 Å². The number of carbonyl (C=O) groups excluding carboxylic acids is 1. The van der Waals surface area contributed by atoms with Crippen LogP contribution in [0.2, 0.25) is 0 Å². The lowest BCUT2D eigenvalue weighted by Gasteiger charge is -2.19. The number of phenolic OH excluding ortho intramolecular Hbond substituents is 1. The van der Waals surface area contributed by atoms with E-state index in [2.05, 4.69) is 11.2 Å². The molecule has 0 radical (unpaired) electrons. The lowest BCUT2D eigenvalue weighted by Crippen LogP contribution is -2.42. The number of carbonyl (C=O) groups is 1. The zero-order chi connectivity index (χ0) is 12.3. The van der Waals surface area contributed by atoms with E-state index >= 15 is 0 Å². The average molecular weight is 221 g/mol. The number of amides is 1. The first-order valence-electron chi connectivity index (χ1n) is 4.65. The van der Waals surface area contributed by atoms with Gasteiger partial charge in [0.15, 0.2) is 0 Å². The Morgan fingerprint density at radius 2 is 2.19 bits per heavy atom. The summed E-state index contributed by atoms with van der Waals surface area (Å²) in [5.74, 6) is 0.409. The van der Waals surface area contributed by atoms with Crippen LogP contribution in [0.1, 0.15) is 24.2 Å². The molecule has 3 nitrogen and oxygen atoms in total. The maximum atomic E-state index is 13.3. The van der Waals surface area contributed by atoms with E-state index in [1.165, 1.54) is 12.1 Å². The Balaban J connectivity index is 3.04. The fraction of sp³-hybridized carbons (Fsp3) is 0.250. The van der Waals surface area contributed by atoms with Crippen LogP contribution in [0.5, 0.6) is 5.75 Å². The van der Waals surface area contributed by atoms with E-state index in [0.717, 1.165) is 6.07 Å². The lowest BCUT2D eigenvalue weighted by atomic mass is 10.1. The topological polar surface area (TPSA) is 49.3 Å². The van der Waals surface area contributed by atoms with Gasteiger partial charge in [-0.25, -0.2) is 4.39 Å². The van der Waals surface area contributed by atoms with Crippen molar-refractivity contribution in [3.05, 3.63) is 29.6 Å². The molecule has 0 saturated carbocycles. The molecule has 1 aromatic rings. The quantitative estimate of drug-likeness (QED) is 0.746. The van der Waals surface area contributed by atoms with Crippen LogP contribution in [-0.4, -0.2) is 16.6 Å². The molecule has 0 atom stereocenters. The molecule has 1 amide bonds. The summed E-state index contributed by atoms with van der Waals surface area (Å²) in [5, 5.41) is 11.8. The lowest BCUT2D eigenvalue weighted by molar-refractivity contribution is 0.0923. The van der Waals surface area contributed by atoms with Gasteiger partial charge in [-0.3, -0.25) is 4.79 Å². The Kier molecular flexibility index (Phi) is 3.19. The number of phenols is 1. The maximum absolute atomic E-state index is 13.3. The molecule has 16 heavy (non-hydrogen) atoms. The summed E-state index contributed by atoms with van der Waals surface area (Å²) >= 11 is 0. The molecule has 0 saturated heterocycles. The summed E-state index contributed by atoms with van der Waals surface area (Å²) in [6.45, 7) is 3.20. The van der Waals surface area contributed by atoms with Gasteiger partial charge in [-0.2, -0.15) is 0 Å². The zero-order valence-electron chi connectivity index (χ0n) is 9.04. The number of benzene rings is 1. The van der Waals surface area contributed by atoms with Gasteiger partial charge in [0.1, 0.15) is 17.1 Å².